The molecule has 0 atom stereocenters. The van der Waals surface area contributed by atoms with Crippen LogP contribution >= 0.6 is 12.2 Å². The van der Waals surface area contributed by atoms with Gasteiger partial charge in [-0.2, -0.15) is 5.10 Å². The average molecular weight is 315 g/mol. The van der Waals surface area contributed by atoms with Crippen molar-refractivity contribution < 1.29 is 10.2 Å². The average Bonchev–Trinajstić information content (AvgIpc) is 2.51. The fourth-order valence-corrected chi connectivity index (χ4v) is 1.97. The number of phenolic OH excluding ortho intramolecular Hbond substituents is 2. The number of hydrogen-bond acceptors (Lipinski definition) is 6. The zero-order valence-electron chi connectivity index (χ0n) is 11.4. The largest absolute Gasteiger partial charge is 0.504 e. The molecule has 0 radical (unpaired) electrons. The van der Waals surface area contributed by atoms with Crippen LogP contribution in [0.2, 0.25) is 0 Å². The van der Waals surface area contributed by atoms with Gasteiger partial charge in [0.15, 0.2) is 11.5 Å². The first kappa shape index (κ1) is 15.6. The minimum Gasteiger partial charge on any atom is -0.504 e. The van der Waals surface area contributed by atoms with Gasteiger partial charge in [-0.25, -0.2) is 0 Å². The zero-order valence-corrected chi connectivity index (χ0v) is 12.2. The Kier molecular flexibility index (Phi) is 5.16. The molecule has 2 rings (SSSR count). The number of rotatable bonds is 5. The fraction of sp³-hybridized carbons (Fsp3) is 0.0667. The molecule has 7 heteroatoms. The van der Waals surface area contributed by atoms with E-state index in [-0.39, 0.29) is 11.5 Å². The summed E-state index contributed by atoms with van der Waals surface area (Å²) in [5.41, 5.74) is 4.34. The summed E-state index contributed by atoms with van der Waals surface area (Å²) >= 11 is 5.15. The summed E-state index contributed by atoms with van der Waals surface area (Å²) in [7, 11) is 0. The number of thiocarbonyl (C=S) groups is 1. The van der Waals surface area contributed by atoms with Gasteiger partial charge in [-0.05, 0) is 40.6 Å². The number of aromatic hydroxyl groups is 2. The summed E-state index contributed by atoms with van der Waals surface area (Å²) in [5, 5.41) is 25.5. The number of nitroso groups, excluding NO2 is 1. The lowest BCUT2D eigenvalue weighted by atomic mass is 10.1. The van der Waals surface area contributed by atoms with Gasteiger partial charge in [-0.3, -0.25) is 5.43 Å². The van der Waals surface area contributed by atoms with Crippen LogP contribution in [0.15, 0.2) is 52.7 Å². The Bertz CT molecular complexity index is 732. The molecule has 2 aromatic carbocycles. The first-order valence-corrected chi connectivity index (χ1v) is 6.76. The van der Waals surface area contributed by atoms with E-state index in [1.165, 1.54) is 18.3 Å². The van der Waals surface area contributed by atoms with Crippen molar-refractivity contribution in [3.8, 4) is 11.5 Å². The Hall–Kier alpha value is -2.80. The van der Waals surface area contributed by atoms with Crippen molar-refractivity contribution in [1.29, 1.82) is 0 Å². The van der Waals surface area contributed by atoms with Gasteiger partial charge in [0, 0.05) is 6.42 Å². The number of hydrogen-bond donors (Lipinski definition) is 3. The quantitative estimate of drug-likeness (QED) is 0.259. The molecule has 0 saturated heterocycles. The summed E-state index contributed by atoms with van der Waals surface area (Å²) in [6.45, 7) is 0. The molecule has 3 N–H and O–H groups in total. The highest BCUT2D eigenvalue weighted by atomic mass is 32.1. The van der Waals surface area contributed by atoms with Crippen LogP contribution in [0.25, 0.3) is 0 Å². The molecule has 0 aliphatic rings. The number of nitrogens with one attached hydrogen (secondary N) is 1. The van der Waals surface area contributed by atoms with Gasteiger partial charge >= 0.3 is 0 Å². The predicted molar refractivity (Wildman–Crippen MR) is 88.7 cm³/mol. The molecule has 22 heavy (non-hydrogen) atoms. The Morgan fingerprint density at radius 3 is 2.68 bits per heavy atom. The van der Waals surface area contributed by atoms with Crippen LogP contribution in [0, 0.1) is 4.91 Å². The van der Waals surface area contributed by atoms with Crippen LogP contribution in [0.4, 0.5) is 5.69 Å². The van der Waals surface area contributed by atoms with Crippen LogP contribution in [0.1, 0.15) is 11.1 Å². The maximum Gasteiger partial charge on any atom is 0.158 e. The number of benzene rings is 2. The molecule has 0 unspecified atom stereocenters. The Morgan fingerprint density at radius 2 is 1.95 bits per heavy atom. The third-order valence-corrected chi connectivity index (χ3v) is 3.08. The highest BCUT2D eigenvalue weighted by Crippen LogP contribution is 2.24. The SMILES string of the molecule is O=Nc1ccccc1CC(=S)N/N=C/c1ccc(O)c(O)c1. The van der Waals surface area contributed by atoms with E-state index in [9.17, 15) is 15.1 Å². The first-order chi connectivity index (χ1) is 10.6. The van der Waals surface area contributed by atoms with Crippen LogP contribution in [0.3, 0.4) is 0 Å². The van der Waals surface area contributed by atoms with E-state index in [1.807, 2.05) is 0 Å². The lowest BCUT2D eigenvalue weighted by molar-refractivity contribution is 0.403. The van der Waals surface area contributed by atoms with E-state index in [0.29, 0.717) is 28.2 Å². The van der Waals surface area contributed by atoms with Gasteiger partial charge in [0.1, 0.15) is 10.7 Å². The van der Waals surface area contributed by atoms with Crippen molar-refractivity contribution in [3.05, 3.63) is 58.5 Å². The fourth-order valence-electron chi connectivity index (χ4n) is 1.76. The molecule has 0 aliphatic carbocycles. The Morgan fingerprint density at radius 1 is 1.18 bits per heavy atom. The smallest absolute Gasteiger partial charge is 0.158 e. The van der Waals surface area contributed by atoms with E-state index >= 15 is 0 Å². The van der Waals surface area contributed by atoms with Gasteiger partial charge in [0.05, 0.1) is 6.21 Å². The minimum atomic E-state index is -0.225. The molecule has 0 amide bonds. The van der Waals surface area contributed by atoms with Crippen molar-refractivity contribution >= 4 is 29.1 Å². The third-order valence-electron chi connectivity index (χ3n) is 2.84. The third kappa shape index (κ3) is 4.10. The summed E-state index contributed by atoms with van der Waals surface area (Å²) in [6, 6.07) is 11.2. The highest BCUT2D eigenvalue weighted by molar-refractivity contribution is 7.80. The second-order valence-corrected chi connectivity index (χ2v) is 4.93. The van der Waals surface area contributed by atoms with Crippen LogP contribution in [-0.4, -0.2) is 21.4 Å². The number of hydrazone groups is 1. The van der Waals surface area contributed by atoms with Crippen LogP contribution in [-0.2, 0) is 6.42 Å². The lowest BCUT2D eigenvalue weighted by Gasteiger charge is -2.04. The molecule has 0 spiro atoms. The van der Waals surface area contributed by atoms with Gasteiger partial charge in [0.25, 0.3) is 0 Å². The monoisotopic (exact) mass is 315 g/mol. The summed E-state index contributed by atoms with van der Waals surface area (Å²) in [4.78, 5) is 11.1. The van der Waals surface area contributed by atoms with Gasteiger partial charge in [0.2, 0.25) is 0 Å². The Labute approximate surface area is 132 Å². The zero-order chi connectivity index (χ0) is 15.9. The standard InChI is InChI=1S/C15H13N3O3S/c19-13-6-5-10(7-14(13)20)9-16-17-15(22)8-11-3-1-2-4-12(11)18-21/h1-7,9,19-20H,8H2,(H,17,22)/b16-9+. The normalized spacial score (nSPS) is 10.5. The van der Waals surface area contributed by atoms with Gasteiger partial charge in [-0.15, -0.1) is 4.91 Å². The topological polar surface area (TPSA) is 94.3 Å². The van der Waals surface area contributed by atoms with Crippen molar-refractivity contribution in [2.75, 3.05) is 0 Å². The maximum absolute atomic E-state index is 10.7. The van der Waals surface area contributed by atoms with Crippen LogP contribution in [0.5, 0.6) is 11.5 Å². The molecule has 0 aromatic heterocycles. The van der Waals surface area contributed by atoms with E-state index in [0.717, 1.165) is 0 Å². The maximum atomic E-state index is 10.7. The van der Waals surface area contributed by atoms with Gasteiger partial charge < -0.3 is 10.2 Å². The van der Waals surface area contributed by atoms with Crippen molar-refractivity contribution in [2.24, 2.45) is 10.3 Å². The first-order valence-electron chi connectivity index (χ1n) is 6.35. The molecule has 0 bridgehead atoms. The van der Waals surface area contributed by atoms with E-state index in [4.69, 9.17) is 12.2 Å². The van der Waals surface area contributed by atoms with Crippen molar-refractivity contribution in [3.63, 3.8) is 0 Å². The molecule has 112 valence electrons. The summed E-state index contributed by atoms with van der Waals surface area (Å²) in [5.74, 6) is -0.420. The van der Waals surface area contributed by atoms with Crippen molar-refractivity contribution in [2.45, 2.75) is 6.42 Å². The molecule has 2 aromatic rings. The number of phenols is 2. The van der Waals surface area contributed by atoms with Crippen molar-refractivity contribution in [1.82, 2.24) is 5.43 Å². The van der Waals surface area contributed by atoms with Crippen LogP contribution < -0.4 is 5.43 Å². The molecule has 0 saturated carbocycles. The molecule has 0 aliphatic heterocycles. The lowest BCUT2D eigenvalue weighted by Crippen LogP contribution is -2.17. The van der Waals surface area contributed by atoms with Gasteiger partial charge in [-0.1, -0.05) is 30.4 Å². The highest BCUT2D eigenvalue weighted by Gasteiger charge is 2.04. The predicted octanol–water partition coefficient (Wildman–Crippen LogP) is 2.99. The van der Waals surface area contributed by atoms with E-state index in [2.05, 4.69) is 15.7 Å². The number of nitrogens with zero attached hydrogens (tertiary/aromatic N) is 2. The van der Waals surface area contributed by atoms with E-state index < -0.39 is 0 Å². The second-order valence-electron chi connectivity index (χ2n) is 4.44. The minimum absolute atomic E-state index is 0.196. The molecule has 6 nitrogen and oxygen atoms in total. The summed E-state index contributed by atoms with van der Waals surface area (Å²) in [6.07, 6.45) is 1.80. The molecular formula is C15H13N3O3S. The molecule has 0 heterocycles. The Balaban J connectivity index is 1.96. The summed E-state index contributed by atoms with van der Waals surface area (Å²) < 4.78 is 0. The molecular weight excluding hydrogens is 302 g/mol. The second kappa shape index (κ2) is 7.28. The van der Waals surface area contributed by atoms with E-state index in [1.54, 1.807) is 30.3 Å². The molecule has 0 fully saturated rings.